The van der Waals surface area contributed by atoms with Gasteiger partial charge in [-0.3, -0.25) is 4.79 Å². The van der Waals surface area contributed by atoms with Gasteiger partial charge in [-0.05, 0) is 24.2 Å². The van der Waals surface area contributed by atoms with Crippen LogP contribution in [0.1, 0.15) is 40.0 Å². The van der Waals surface area contributed by atoms with E-state index in [4.69, 9.17) is 5.11 Å². The lowest BCUT2D eigenvalue weighted by molar-refractivity contribution is -0.137. The molecule has 2 amide bonds. The molecular weight excluding hydrogens is 232 g/mol. The molecule has 5 heteroatoms. The summed E-state index contributed by atoms with van der Waals surface area (Å²) in [6, 6.07) is -0.0628. The molecule has 2 N–H and O–H groups in total. The SMILES string of the molecule is CC(C)(C)C1CCN(C(=O)NCCCC(=O)O)C1. The molecule has 1 unspecified atom stereocenters. The molecule has 0 aromatic carbocycles. The number of aliphatic carboxylic acids is 1. The van der Waals surface area contributed by atoms with Crippen LogP contribution in [0.2, 0.25) is 0 Å². The maximum atomic E-state index is 11.8. The van der Waals surface area contributed by atoms with Gasteiger partial charge < -0.3 is 15.3 Å². The van der Waals surface area contributed by atoms with Crippen LogP contribution in [0.3, 0.4) is 0 Å². The number of carboxylic acid groups (broad SMARTS) is 1. The summed E-state index contributed by atoms with van der Waals surface area (Å²) in [5, 5.41) is 11.3. The fraction of sp³-hybridized carbons (Fsp3) is 0.846. The summed E-state index contributed by atoms with van der Waals surface area (Å²) in [6.07, 6.45) is 1.63. The molecule has 1 fully saturated rings. The maximum absolute atomic E-state index is 11.8. The molecule has 5 nitrogen and oxygen atoms in total. The Kier molecular flexibility index (Phi) is 4.99. The van der Waals surface area contributed by atoms with Gasteiger partial charge in [-0.25, -0.2) is 4.79 Å². The number of amides is 2. The number of rotatable bonds is 4. The van der Waals surface area contributed by atoms with E-state index in [1.54, 1.807) is 0 Å². The molecule has 0 bridgehead atoms. The maximum Gasteiger partial charge on any atom is 0.317 e. The first-order chi connectivity index (χ1) is 8.30. The number of nitrogens with zero attached hydrogens (tertiary/aromatic N) is 1. The van der Waals surface area contributed by atoms with Crippen molar-refractivity contribution in [3.63, 3.8) is 0 Å². The van der Waals surface area contributed by atoms with Crippen molar-refractivity contribution in [2.45, 2.75) is 40.0 Å². The predicted molar refractivity (Wildman–Crippen MR) is 69.4 cm³/mol. The largest absolute Gasteiger partial charge is 0.481 e. The molecular formula is C13H24N2O3. The summed E-state index contributed by atoms with van der Waals surface area (Å²) in [5.41, 5.74) is 0.234. The summed E-state index contributed by atoms with van der Waals surface area (Å²) < 4.78 is 0. The number of nitrogens with one attached hydrogen (secondary N) is 1. The van der Waals surface area contributed by atoms with E-state index in [9.17, 15) is 9.59 Å². The Bertz CT molecular complexity index is 310. The molecule has 1 atom stereocenters. The molecule has 0 radical (unpaired) electrons. The van der Waals surface area contributed by atoms with Crippen LogP contribution < -0.4 is 5.32 Å². The minimum absolute atomic E-state index is 0.0628. The molecule has 0 aromatic rings. The van der Waals surface area contributed by atoms with E-state index >= 15 is 0 Å². The van der Waals surface area contributed by atoms with Crippen molar-refractivity contribution < 1.29 is 14.7 Å². The van der Waals surface area contributed by atoms with Gasteiger partial charge in [0, 0.05) is 26.1 Å². The smallest absolute Gasteiger partial charge is 0.317 e. The molecule has 0 aliphatic carbocycles. The van der Waals surface area contributed by atoms with E-state index in [1.165, 1.54) is 0 Å². The third kappa shape index (κ3) is 4.55. The standard InChI is InChI=1S/C13H24N2O3/c1-13(2,3)10-6-8-15(9-10)12(18)14-7-4-5-11(16)17/h10H,4-9H2,1-3H3,(H,14,18)(H,16,17). The highest BCUT2D eigenvalue weighted by Crippen LogP contribution is 2.33. The Hall–Kier alpha value is -1.26. The molecule has 1 aliphatic rings. The Morgan fingerprint density at radius 3 is 2.56 bits per heavy atom. The lowest BCUT2D eigenvalue weighted by Crippen LogP contribution is -2.39. The second-order valence-corrected chi connectivity index (χ2v) is 6.03. The van der Waals surface area contributed by atoms with Crippen LogP contribution in [-0.2, 0) is 4.79 Å². The first-order valence-corrected chi connectivity index (χ1v) is 6.55. The Morgan fingerprint density at radius 1 is 1.39 bits per heavy atom. The topological polar surface area (TPSA) is 69.6 Å². The van der Waals surface area contributed by atoms with Crippen molar-refractivity contribution in [3.8, 4) is 0 Å². The Morgan fingerprint density at radius 2 is 2.06 bits per heavy atom. The Balaban J connectivity index is 2.26. The van der Waals surface area contributed by atoms with Gasteiger partial charge in [0.15, 0.2) is 0 Å². The van der Waals surface area contributed by atoms with E-state index in [2.05, 4.69) is 26.1 Å². The average Bonchev–Trinajstić information content (AvgIpc) is 2.72. The number of urea groups is 1. The summed E-state index contributed by atoms with van der Waals surface area (Å²) in [7, 11) is 0. The third-order valence-electron chi connectivity index (χ3n) is 3.54. The van der Waals surface area contributed by atoms with Gasteiger partial charge in [-0.2, -0.15) is 0 Å². The zero-order valence-electron chi connectivity index (χ0n) is 11.5. The highest BCUT2D eigenvalue weighted by Gasteiger charge is 2.33. The lowest BCUT2D eigenvalue weighted by atomic mass is 9.80. The predicted octanol–water partition coefficient (Wildman–Crippen LogP) is 1.93. The third-order valence-corrected chi connectivity index (χ3v) is 3.54. The summed E-state index contributed by atoms with van der Waals surface area (Å²) in [5.74, 6) is -0.277. The lowest BCUT2D eigenvalue weighted by Gasteiger charge is -2.27. The van der Waals surface area contributed by atoms with Gasteiger partial charge in [-0.1, -0.05) is 20.8 Å². The number of carbonyl (C=O) groups excluding carboxylic acids is 1. The molecule has 1 aliphatic heterocycles. The molecule has 18 heavy (non-hydrogen) atoms. The molecule has 1 rings (SSSR count). The second kappa shape index (κ2) is 6.07. The minimum atomic E-state index is -0.821. The molecule has 0 spiro atoms. The van der Waals surface area contributed by atoms with Crippen molar-refractivity contribution >= 4 is 12.0 Å². The van der Waals surface area contributed by atoms with Gasteiger partial charge in [0.25, 0.3) is 0 Å². The van der Waals surface area contributed by atoms with Crippen LogP contribution in [-0.4, -0.2) is 41.6 Å². The fourth-order valence-electron chi connectivity index (χ4n) is 2.20. The molecule has 0 saturated carbocycles. The average molecular weight is 256 g/mol. The van der Waals surface area contributed by atoms with E-state index in [0.29, 0.717) is 18.9 Å². The summed E-state index contributed by atoms with van der Waals surface area (Å²) in [4.78, 5) is 24.0. The minimum Gasteiger partial charge on any atom is -0.481 e. The van der Waals surface area contributed by atoms with Crippen LogP contribution in [0.5, 0.6) is 0 Å². The molecule has 1 heterocycles. The van der Waals surface area contributed by atoms with Crippen molar-refractivity contribution in [2.75, 3.05) is 19.6 Å². The molecule has 104 valence electrons. The first kappa shape index (κ1) is 14.8. The number of carboxylic acids is 1. The van der Waals surface area contributed by atoms with Crippen LogP contribution in [0, 0.1) is 11.3 Å². The first-order valence-electron chi connectivity index (χ1n) is 6.55. The van der Waals surface area contributed by atoms with E-state index in [1.807, 2.05) is 4.90 Å². The highest BCUT2D eigenvalue weighted by molar-refractivity contribution is 5.74. The number of hydrogen-bond acceptors (Lipinski definition) is 2. The Labute approximate surface area is 109 Å². The number of likely N-dealkylation sites (tertiary alicyclic amines) is 1. The van der Waals surface area contributed by atoms with Crippen LogP contribution in [0.15, 0.2) is 0 Å². The molecule has 0 aromatic heterocycles. The van der Waals surface area contributed by atoms with Gasteiger partial charge in [0.2, 0.25) is 0 Å². The van der Waals surface area contributed by atoms with Gasteiger partial charge in [-0.15, -0.1) is 0 Å². The molecule has 1 saturated heterocycles. The fourth-order valence-corrected chi connectivity index (χ4v) is 2.20. The summed E-state index contributed by atoms with van der Waals surface area (Å²) >= 11 is 0. The number of hydrogen-bond donors (Lipinski definition) is 2. The van der Waals surface area contributed by atoms with E-state index in [-0.39, 0.29) is 17.9 Å². The van der Waals surface area contributed by atoms with Crippen LogP contribution in [0.4, 0.5) is 4.79 Å². The zero-order chi connectivity index (χ0) is 13.8. The van der Waals surface area contributed by atoms with Crippen molar-refractivity contribution in [2.24, 2.45) is 11.3 Å². The van der Waals surface area contributed by atoms with Crippen molar-refractivity contribution in [3.05, 3.63) is 0 Å². The van der Waals surface area contributed by atoms with Crippen molar-refractivity contribution in [1.29, 1.82) is 0 Å². The van der Waals surface area contributed by atoms with Gasteiger partial charge in [0.1, 0.15) is 0 Å². The second-order valence-electron chi connectivity index (χ2n) is 6.03. The highest BCUT2D eigenvalue weighted by atomic mass is 16.4. The summed E-state index contributed by atoms with van der Waals surface area (Å²) in [6.45, 7) is 8.63. The van der Waals surface area contributed by atoms with Crippen molar-refractivity contribution in [1.82, 2.24) is 10.2 Å². The normalized spacial score (nSPS) is 19.9. The van der Waals surface area contributed by atoms with Crippen LogP contribution in [0.25, 0.3) is 0 Å². The zero-order valence-corrected chi connectivity index (χ0v) is 11.5. The van der Waals surface area contributed by atoms with E-state index < -0.39 is 5.97 Å². The monoisotopic (exact) mass is 256 g/mol. The number of carbonyl (C=O) groups is 2. The van der Waals surface area contributed by atoms with E-state index in [0.717, 1.165) is 19.5 Å². The quantitative estimate of drug-likeness (QED) is 0.755. The van der Waals surface area contributed by atoms with Gasteiger partial charge >= 0.3 is 12.0 Å². The van der Waals surface area contributed by atoms with Gasteiger partial charge in [0.05, 0.1) is 0 Å². The van der Waals surface area contributed by atoms with Crippen LogP contribution >= 0.6 is 0 Å².